The van der Waals surface area contributed by atoms with Crippen molar-refractivity contribution in [2.45, 2.75) is 13.8 Å². The second-order valence-corrected chi connectivity index (χ2v) is 3.82. The molecular weight excluding hydrogens is 143 g/mol. The molecule has 0 heterocycles. The lowest BCUT2D eigenvalue weighted by Gasteiger charge is -1.97. The van der Waals surface area contributed by atoms with Crippen molar-refractivity contribution in [3.63, 3.8) is 0 Å². The Morgan fingerprint density at radius 3 is 1.70 bits per heavy atom. The Hall–Kier alpha value is -0.633. The average molecular weight is 156 g/mol. The van der Waals surface area contributed by atoms with Gasteiger partial charge in [0.2, 0.25) is 0 Å². The van der Waals surface area contributed by atoms with E-state index in [1.54, 1.807) is 0 Å². The molecule has 0 bridgehead atoms. The van der Waals surface area contributed by atoms with Crippen molar-refractivity contribution in [3.05, 3.63) is 29.3 Å². The van der Waals surface area contributed by atoms with E-state index >= 15 is 0 Å². The van der Waals surface area contributed by atoms with Gasteiger partial charge < -0.3 is 0 Å². The van der Waals surface area contributed by atoms with Crippen molar-refractivity contribution in [2.75, 3.05) is 0 Å². The van der Waals surface area contributed by atoms with Crippen molar-refractivity contribution >= 4 is 15.4 Å². The molecular formula is C8H13FSi. The van der Waals surface area contributed by atoms with Crippen molar-refractivity contribution in [2.24, 2.45) is 0 Å². The number of aryl methyl sites for hydroxylation is 2. The first-order valence-corrected chi connectivity index (χ1v) is 4.23. The fraction of sp³-hybridized carbons (Fsp3) is 0.250. The Labute approximate surface area is 64.1 Å². The number of rotatable bonds is 0. The molecule has 0 N–H and O–H groups in total. The zero-order chi connectivity index (χ0) is 6.85. The van der Waals surface area contributed by atoms with Crippen molar-refractivity contribution < 1.29 is 4.70 Å². The highest BCUT2D eigenvalue weighted by Crippen LogP contribution is 1.97. The molecule has 0 aliphatic rings. The molecule has 0 aliphatic carbocycles. The molecule has 0 saturated heterocycles. The van der Waals surface area contributed by atoms with Crippen LogP contribution in [-0.2, 0) is 0 Å². The number of hydrogen-bond donors (Lipinski definition) is 0. The van der Waals surface area contributed by atoms with Crippen LogP contribution in [0.1, 0.15) is 11.1 Å². The summed E-state index contributed by atoms with van der Waals surface area (Å²) in [4.78, 5) is 0. The van der Waals surface area contributed by atoms with E-state index in [2.05, 4.69) is 32.0 Å². The van der Waals surface area contributed by atoms with E-state index in [0.717, 1.165) is 0 Å². The summed E-state index contributed by atoms with van der Waals surface area (Å²) in [5, 5.41) is 1.49. The summed E-state index contributed by atoms with van der Waals surface area (Å²) >= 11 is 0. The minimum absolute atomic E-state index is 0. The summed E-state index contributed by atoms with van der Waals surface area (Å²) in [6.45, 7) is 4.29. The summed E-state index contributed by atoms with van der Waals surface area (Å²) in [6, 6.07) is 6.71. The van der Waals surface area contributed by atoms with Gasteiger partial charge in [-0.15, -0.1) is 0 Å². The molecule has 0 aliphatic heterocycles. The number of benzene rings is 1. The van der Waals surface area contributed by atoms with E-state index in [1.165, 1.54) is 26.6 Å². The summed E-state index contributed by atoms with van der Waals surface area (Å²) in [5.41, 5.74) is 2.78. The highest BCUT2D eigenvalue weighted by molar-refractivity contribution is 6.32. The number of halogens is 1. The van der Waals surface area contributed by atoms with E-state index in [0.29, 0.717) is 0 Å². The van der Waals surface area contributed by atoms with Crippen molar-refractivity contribution in [1.29, 1.82) is 0 Å². The quantitative estimate of drug-likeness (QED) is 0.478. The summed E-state index contributed by atoms with van der Waals surface area (Å²) in [7, 11) is 1.17. The monoisotopic (exact) mass is 156 g/mol. The van der Waals surface area contributed by atoms with E-state index in [4.69, 9.17) is 0 Å². The Kier molecular flexibility index (Phi) is 3.29. The average Bonchev–Trinajstić information content (AvgIpc) is 1.59. The zero-order valence-electron chi connectivity index (χ0n) is 6.64. The summed E-state index contributed by atoms with van der Waals surface area (Å²) in [5.74, 6) is 0. The molecule has 0 aromatic heterocycles. The molecule has 0 atom stereocenters. The minimum Gasteiger partial charge on any atom is -0.269 e. The molecule has 1 aromatic rings. The van der Waals surface area contributed by atoms with Crippen LogP contribution in [0.5, 0.6) is 0 Å². The normalized spacial score (nSPS) is 9.00. The van der Waals surface area contributed by atoms with Gasteiger partial charge in [-0.25, -0.2) is 0 Å². The summed E-state index contributed by atoms with van der Waals surface area (Å²) < 4.78 is 0. The van der Waals surface area contributed by atoms with Gasteiger partial charge in [-0.3, -0.25) is 4.70 Å². The SMILES string of the molecule is Cc1cc(C)cc([SiH3])c1.F. The molecule has 1 aromatic carbocycles. The maximum absolute atomic E-state index is 2.25. The van der Waals surface area contributed by atoms with Gasteiger partial charge in [0.15, 0.2) is 0 Å². The maximum Gasteiger partial charge on any atom is 0.0385 e. The highest BCUT2D eigenvalue weighted by atomic mass is 28.1. The molecule has 0 fully saturated rings. The molecule has 0 nitrogen and oxygen atoms in total. The lowest BCUT2D eigenvalue weighted by Crippen LogP contribution is -2.02. The molecule has 0 saturated carbocycles. The van der Waals surface area contributed by atoms with E-state index in [1.807, 2.05) is 0 Å². The van der Waals surface area contributed by atoms with Gasteiger partial charge in [-0.1, -0.05) is 34.5 Å². The zero-order valence-corrected chi connectivity index (χ0v) is 8.64. The first kappa shape index (κ1) is 9.37. The largest absolute Gasteiger partial charge is 0.269 e. The van der Waals surface area contributed by atoms with E-state index < -0.39 is 0 Å². The van der Waals surface area contributed by atoms with Crippen molar-refractivity contribution in [1.82, 2.24) is 0 Å². The molecule has 56 valence electrons. The Morgan fingerprint density at radius 2 is 1.40 bits per heavy atom. The third kappa shape index (κ3) is 2.31. The molecule has 0 unspecified atom stereocenters. The predicted octanol–water partition coefficient (Wildman–Crippen LogP) is 0.447. The second-order valence-electron chi connectivity index (χ2n) is 2.67. The lowest BCUT2D eigenvalue weighted by atomic mass is 10.2. The van der Waals surface area contributed by atoms with Gasteiger partial charge in [0, 0.05) is 10.2 Å². The fourth-order valence-corrected chi connectivity index (χ4v) is 2.11. The maximum atomic E-state index is 2.25. The van der Waals surface area contributed by atoms with Gasteiger partial charge in [-0.05, 0) is 13.8 Å². The van der Waals surface area contributed by atoms with Crippen LogP contribution < -0.4 is 5.19 Å². The third-order valence-electron chi connectivity index (χ3n) is 1.37. The van der Waals surface area contributed by atoms with Gasteiger partial charge >= 0.3 is 0 Å². The highest BCUT2D eigenvalue weighted by Gasteiger charge is 1.87. The van der Waals surface area contributed by atoms with Crippen LogP contribution in [0, 0.1) is 13.8 Å². The number of hydrogen-bond acceptors (Lipinski definition) is 0. The second kappa shape index (κ2) is 3.51. The molecule has 2 heteroatoms. The van der Waals surface area contributed by atoms with E-state index in [9.17, 15) is 0 Å². The van der Waals surface area contributed by atoms with Gasteiger partial charge in [0.1, 0.15) is 0 Å². The van der Waals surface area contributed by atoms with Crippen LogP contribution in [0.3, 0.4) is 0 Å². The Morgan fingerprint density at radius 1 is 1.00 bits per heavy atom. The Balaban J connectivity index is 0.000000810. The molecule has 1 rings (SSSR count). The van der Waals surface area contributed by atoms with Crippen LogP contribution >= 0.6 is 0 Å². The van der Waals surface area contributed by atoms with Gasteiger partial charge in [0.25, 0.3) is 0 Å². The summed E-state index contributed by atoms with van der Waals surface area (Å²) in [6.07, 6.45) is 0. The van der Waals surface area contributed by atoms with Crippen molar-refractivity contribution in [3.8, 4) is 0 Å². The molecule has 0 spiro atoms. The minimum atomic E-state index is 0. The fourth-order valence-electron chi connectivity index (χ4n) is 1.20. The predicted molar refractivity (Wildman–Crippen MR) is 48.0 cm³/mol. The van der Waals surface area contributed by atoms with Crippen LogP contribution in [-0.4, -0.2) is 10.2 Å². The van der Waals surface area contributed by atoms with Crippen LogP contribution in [0.4, 0.5) is 4.70 Å². The standard InChI is InChI=1S/C8H12Si.FH/c1-6-3-7(2)5-8(9)4-6;/h3-5H,1-2,9H3;1H. The van der Waals surface area contributed by atoms with E-state index in [-0.39, 0.29) is 4.70 Å². The topological polar surface area (TPSA) is 0 Å². The first-order chi connectivity index (χ1) is 4.18. The van der Waals surface area contributed by atoms with Gasteiger partial charge in [0.05, 0.1) is 0 Å². The smallest absolute Gasteiger partial charge is 0.0385 e. The van der Waals surface area contributed by atoms with Crippen LogP contribution in [0.2, 0.25) is 0 Å². The van der Waals surface area contributed by atoms with Crippen LogP contribution in [0.15, 0.2) is 18.2 Å². The molecule has 0 amide bonds. The van der Waals surface area contributed by atoms with Gasteiger partial charge in [-0.2, -0.15) is 0 Å². The molecule has 10 heavy (non-hydrogen) atoms. The molecule has 0 radical (unpaired) electrons. The first-order valence-electron chi connectivity index (χ1n) is 3.23. The third-order valence-corrected chi connectivity index (χ3v) is 1.94. The Bertz CT molecular complexity index is 170. The van der Waals surface area contributed by atoms with Crippen LogP contribution in [0.25, 0.3) is 0 Å². The lowest BCUT2D eigenvalue weighted by molar-refractivity contribution is 1.11.